The van der Waals surface area contributed by atoms with Gasteiger partial charge in [0, 0.05) is 55.9 Å². The molecule has 1 saturated heterocycles. The quantitative estimate of drug-likeness (QED) is 0.663. The lowest BCUT2D eigenvalue weighted by molar-refractivity contribution is -0.131. The lowest BCUT2D eigenvalue weighted by Crippen LogP contribution is -2.49. The van der Waals surface area contributed by atoms with Gasteiger partial charge >= 0.3 is 0 Å². The van der Waals surface area contributed by atoms with Crippen molar-refractivity contribution in [3.8, 4) is 5.82 Å². The second-order valence-corrected chi connectivity index (χ2v) is 7.97. The first-order valence-electron chi connectivity index (χ1n) is 9.50. The third-order valence-electron chi connectivity index (χ3n) is 5.20. The van der Waals surface area contributed by atoms with E-state index in [2.05, 4.69) is 38.2 Å². The van der Waals surface area contributed by atoms with Crippen LogP contribution in [0.15, 0.2) is 36.2 Å². The number of aryl methyl sites for hydroxylation is 3. The van der Waals surface area contributed by atoms with Gasteiger partial charge in [0.15, 0.2) is 0 Å². The number of rotatable bonds is 5. The van der Waals surface area contributed by atoms with Gasteiger partial charge in [0.25, 0.3) is 0 Å². The van der Waals surface area contributed by atoms with Crippen molar-refractivity contribution in [2.24, 2.45) is 0 Å². The number of anilines is 1. The average molecular weight is 397 g/mol. The normalized spacial score (nSPS) is 14.5. The highest BCUT2D eigenvalue weighted by Crippen LogP contribution is 2.19. The molecule has 0 aromatic carbocycles. The van der Waals surface area contributed by atoms with Crippen molar-refractivity contribution >= 4 is 23.1 Å². The molecular weight excluding hydrogens is 372 g/mol. The highest BCUT2D eigenvalue weighted by Gasteiger charge is 2.22. The van der Waals surface area contributed by atoms with Gasteiger partial charge in [-0.05, 0) is 37.3 Å². The Morgan fingerprint density at radius 1 is 1.11 bits per heavy atom. The molecule has 0 unspecified atom stereocenters. The lowest BCUT2D eigenvalue weighted by Gasteiger charge is -2.35. The molecule has 1 amide bonds. The first-order valence-corrected chi connectivity index (χ1v) is 10.4. The van der Waals surface area contributed by atoms with Crippen LogP contribution in [0.3, 0.4) is 0 Å². The molecule has 0 atom stereocenters. The molecule has 0 spiro atoms. The van der Waals surface area contributed by atoms with Crippen LogP contribution in [0.1, 0.15) is 22.7 Å². The first-order chi connectivity index (χ1) is 13.6. The molecule has 0 aliphatic carbocycles. The number of piperazine rings is 1. The molecule has 1 aliphatic rings. The monoisotopic (exact) mass is 396 g/mol. The van der Waals surface area contributed by atoms with E-state index >= 15 is 0 Å². The molecule has 1 aliphatic heterocycles. The summed E-state index contributed by atoms with van der Waals surface area (Å²) in [4.78, 5) is 31.1. The molecule has 146 valence electrons. The number of aromatic nitrogens is 4. The first kappa shape index (κ1) is 18.6. The Morgan fingerprint density at radius 3 is 2.57 bits per heavy atom. The van der Waals surface area contributed by atoms with Crippen LogP contribution in [-0.4, -0.2) is 56.5 Å². The molecule has 1 fully saturated rings. The number of hydrogen-bond donors (Lipinski definition) is 0. The van der Waals surface area contributed by atoms with Crippen LogP contribution < -0.4 is 4.90 Å². The molecule has 3 aromatic rings. The van der Waals surface area contributed by atoms with E-state index in [4.69, 9.17) is 0 Å². The smallest absolute Gasteiger partial charge is 0.223 e. The van der Waals surface area contributed by atoms with Crippen LogP contribution in [0.2, 0.25) is 0 Å². The van der Waals surface area contributed by atoms with Gasteiger partial charge in [-0.15, -0.1) is 11.3 Å². The van der Waals surface area contributed by atoms with Crippen molar-refractivity contribution in [3.05, 3.63) is 52.5 Å². The molecule has 8 heteroatoms. The van der Waals surface area contributed by atoms with Crippen molar-refractivity contribution < 1.29 is 4.79 Å². The largest absolute Gasteiger partial charge is 0.353 e. The van der Waals surface area contributed by atoms with Crippen molar-refractivity contribution in [2.75, 3.05) is 31.1 Å². The Kier molecular flexibility index (Phi) is 5.38. The van der Waals surface area contributed by atoms with E-state index < -0.39 is 0 Å². The van der Waals surface area contributed by atoms with Crippen molar-refractivity contribution in [3.63, 3.8) is 0 Å². The molecule has 0 radical (unpaired) electrons. The number of hydrogen-bond acceptors (Lipinski definition) is 6. The third kappa shape index (κ3) is 3.91. The summed E-state index contributed by atoms with van der Waals surface area (Å²) < 4.78 is 1.94. The Labute approximate surface area is 168 Å². The number of nitrogens with zero attached hydrogens (tertiary/aromatic N) is 6. The molecule has 4 heterocycles. The van der Waals surface area contributed by atoms with Gasteiger partial charge in [-0.1, -0.05) is 0 Å². The fourth-order valence-corrected chi connectivity index (χ4v) is 4.40. The lowest BCUT2D eigenvalue weighted by atomic mass is 10.2. The third-order valence-corrected chi connectivity index (χ3v) is 6.28. The average Bonchev–Trinajstić information content (AvgIpc) is 3.34. The number of amides is 1. The van der Waals surface area contributed by atoms with Crippen molar-refractivity contribution in [2.45, 2.75) is 26.7 Å². The van der Waals surface area contributed by atoms with Crippen LogP contribution >= 0.6 is 11.3 Å². The van der Waals surface area contributed by atoms with Crippen LogP contribution in [-0.2, 0) is 11.2 Å². The zero-order valence-electron chi connectivity index (χ0n) is 16.2. The summed E-state index contributed by atoms with van der Waals surface area (Å²) in [6.45, 7) is 7.07. The Morgan fingerprint density at radius 2 is 1.89 bits per heavy atom. The van der Waals surface area contributed by atoms with E-state index in [0.717, 1.165) is 50.1 Å². The maximum atomic E-state index is 12.6. The van der Waals surface area contributed by atoms with E-state index in [1.807, 2.05) is 28.7 Å². The summed E-state index contributed by atoms with van der Waals surface area (Å²) in [5.41, 5.74) is 1.29. The Balaban J connectivity index is 1.35. The van der Waals surface area contributed by atoms with Crippen LogP contribution in [0.25, 0.3) is 5.82 Å². The Bertz CT molecular complexity index is 957. The maximum absolute atomic E-state index is 12.6. The van der Waals surface area contributed by atoms with Crippen molar-refractivity contribution in [1.82, 2.24) is 24.4 Å². The van der Waals surface area contributed by atoms with Gasteiger partial charge in [0.2, 0.25) is 5.91 Å². The summed E-state index contributed by atoms with van der Waals surface area (Å²) in [7, 11) is 0. The SMILES string of the molecule is Cc1ccsc1CCC(=O)N1CCN(c2cc(-n3ccnc3C)ncn2)CC1. The summed E-state index contributed by atoms with van der Waals surface area (Å²) >= 11 is 1.74. The second-order valence-electron chi connectivity index (χ2n) is 6.97. The van der Waals surface area contributed by atoms with Crippen LogP contribution in [0, 0.1) is 13.8 Å². The van der Waals surface area contributed by atoms with Crippen LogP contribution in [0.4, 0.5) is 5.82 Å². The zero-order valence-corrected chi connectivity index (χ0v) is 17.0. The topological polar surface area (TPSA) is 67.2 Å². The summed E-state index contributed by atoms with van der Waals surface area (Å²) in [5.74, 6) is 2.83. The van der Waals surface area contributed by atoms with Crippen LogP contribution in [0.5, 0.6) is 0 Å². The maximum Gasteiger partial charge on any atom is 0.223 e. The van der Waals surface area contributed by atoms with Gasteiger partial charge in [0.1, 0.15) is 23.8 Å². The molecule has 4 rings (SSSR count). The predicted octanol–water partition coefficient (Wildman–Crippen LogP) is 2.62. The Hall–Kier alpha value is -2.74. The molecule has 3 aromatic heterocycles. The van der Waals surface area contributed by atoms with Gasteiger partial charge in [-0.25, -0.2) is 15.0 Å². The predicted molar refractivity (Wildman–Crippen MR) is 110 cm³/mol. The molecule has 28 heavy (non-hydrogen) atoms. The fourth-order valence-electron chi connectivity index (χ4n) is 3.49. The summed E-state index contributed by atoms with van der Waals surface area (Å²) in [6.07, 6.45) is 6.67. The van der Waals surface area contributed by atoms with E-state index in [1.165, 1.54) is 10.4 Å². The summed E-state index contributed by atoms with van der Waals surface area (Å²) in [6, 6.07) is 4.09. The van der Waals surface area contributed by atoms with E-state index in [9.17, 15) is 4.79 Å². The van der Waals surface area contributed by atoms with Crippen molar-refractivity contribution in [1.29, 1.82) is 0 Å². The van der Waals surface area contributed by atoms with Gasteiger partial charge in [0.05, 0.1) is 0 Å². The minimum atomic E-state index is 0.241. The molecule has 0 saturated carbocycles. The number of thiophene rings is 1. The minimum Gasteiger partial charge on any atom is -0.353 e. The van der Waals surface area contributed by atoms with Gasteiger partial charge in [-0.2, -0.15) is 0 Å². The highest BCUT2D eigenvalue weighted by molar-refractivity contribution is 7.10. The summed E-state index contributed by atoms with van der Waals surface area (Å²) in [5, 5.41) is 2.09. The minimum absolute atomic E-state index is 0.241. The van der Waals surface area contributed by atoms with E-state index in [1.54, 1.807) is 23.9 Å². The van der Waals surface area contributed by atoms with E-state index in [-0.39, 0.29) is 5.91 Å². The van der Waals surface area contributed by atoms with Gasteiger partial charge in [-0.3, -0.25) is 9.36 Å². The molecule has 0 bridgehead atoms. The number of carbonyl (C=O) groups excluding carboxylic acids is 1. The number of imidazole rings is 1. The van der Waals surface area contributed by atoms with E-state index in [0.29, 0.717) is 6.42 Å². The van der Waals surface area contributed by atoms with Gasteiger partial charge < -0.3 is 9.80 Å². The molecule has 7 nitrogen and oxygen atoms in total. The second kappa shape index (κ2) is 8.10. The fraction of sp³-hybridized carbons (Fsp3) is 0.400. The number of carbonyl (C=O) groups is 1. The molecular formula is C20H24N6OS. The highest BCUT2D eigenvalue weighted by atomic mass is 32.1. The molecule has 0 N–H and O–H groups in total. The standard InChI is InChI=1S/C20H24N6OS/c1-15-5-12-28-17(15)3-4-20(27)25-10-8-24(9-11-25)18-13-19(23-14-22-18)26-7-6-21-16(26)2/h5-7,12-14H,3-4,8-11H2,1-2H3. The zero-order chi connectivity index (χ0) is 19.5.